The van der Waals surface area contributed by atoms with E-state index in [1.807, 2.05) is 0 Å². The van der Waals surface area contributed by atoms with E-state index in [9.17, 15) is 14.4 Å². The number of carbonyl (C=O) groups excluding carboxylic acids is 3. The predicted molar refractivity (Wildman–Crippen MR) is 357 cm³/mol. The molecule has 0 aliphatic carbocycles. The van der Waals surface area contributed by atoms with Crippen LogP contribution in [0.3, 0.4) is 0 Å². The summed E-state index contributed by atoms with van der Waals surface area (Å²) in [6.45, 7) is 6.38. The number of hydrogen-bond donors (Lipinski definition) is 0. The molecule has 82 heavy (non-hydrogen) atoms. The maximum absolute atomic E-state index is 12.9. The summed E-state index contributed by atoms with van der Waals surface area (Å²) in [5, 5.41) is 0. The van der Waals surface area contributed by atoms with Crippen LogP contribution in [0.15, 0.2) is 146 Å². The summed E-state index contributed by atoms with van der Waals surface area (Å²) in [4.78, 5) is 38.2. The normalized spacial score (nSPS) is 13.1. The van der Waals surface area contributed by atoms with Crippen LogP contribution >= 0.6 is 0 Å². The molecule has 0 aromatic carbocycles. The van der Waals surface area contributed by atoms with Gasteiger partial charge in [-0.3, -0.25) is 14.4 Å². The Balaban J connectivity index is 4.21. The van der Waals surface area contributed by atoms with Gasteiger partial charge in [-0.25, -0.2) is 0 Å². The van der Waals surface area contributed by atoms with E-state index >= 15 is 0 Å². The van der Waals surface area contributed by atoms with Crippen molar-refractivity contribution in [1.29, 1.82) is 0 Å². The highest BCUT2D eigenvalue weighted by molar-refractivity contribution is 5.71. The van der Waals surface area contributed by atoms with Crippen LogP contribution in [-0.2, 0) is 28.6 Å². The number of rotatable bonds is 60. The fourth-order valence-corrected chi connectivity index (χ4v) is 9.10. The van der Waals surface area contributed by atoms with Crippen LogP contribution in [0, 0.1) is 0 Å². The largest absolute Gasteiger partial charge is 0.462 e. The topological polar surface area (TPSA) is 78.9 Å². The quantitative estimate of drug-likeness (QED) is 0.0261. The Kier molecular flexibility index (Phi) is 64.8. The van der Waals surface area contributed by atoms with Crippen LogP contribution < -0.4 is 0 Å². The Labute approximate surface area is 506 Å². The molecule has 0 radical (unpaired) electrons. The van der Waals surface area contributed by atoms with E-state index < -0.39 is 6.10 Å². The standard InChI is InChI=1S/C76H124O6/c1-4-7-10-13-16-19-21-23-25-27-29-31-33-35-37-38-40-41-43-45-47-49-51-53-55-57-60-63-66-69-75(78)81-72-73(71-80-74(77)68-65-62-59-18-15-12-9-6-3)82-76(79)70-67-64-61-58-56-54-52-50-48-46-44-42-39-36-34-32-30-28-26-24-22-20-17-14-11-8-5-2/h7-8,10-11,16-17,19-20,23-26,29-32,35-37,39-41,44,46,73H,4-6,9,12-15,18,21-22,27-28,33-34,38,42-43,45,47-72H2,1-3H3/b10-7-,11-8-,19-16-,20-17-,25-23-,26-24-,31-29-,32-30-,37-35-,39-36-,41-40-,46-44-. The first kappa shape index (κ1) is 77.3. The van der Waals surface area contributed by atoms with Crippen molar-refractivity contribution < 1.29 is 28.6 Å². The van der Waals surface area contributed by atoms with Crippen LogP contribution in [0.2, 0.25) is 0 Å². The smallest absolute Gasteiger partial charge is 0.306 e. The zero-order chi connectivity index (χ0) is 59.2. The molecule has 0 aromatic heterocycles. The molecule has 1 atom stereocenters. The van der Waals surface area contributed by atoms with E-state index in [0.717, 1.165) is 141 Å². The highest BCUT2D eigenvalue weighted by Crippen LogP contribution is 2.16. The summed E-state index contributed by atoms with van der Waals surface area (Å²) in [5.41, 5.74) is 0. The van der Waals surface area contributed by atoms with E-state index in [2.05, 4.69) is 167 Å². The number of allylic oxidation sites excluding steroid dienone is 24. The van der Waals surface area contributed by atoms with Gasteiger partial charge in [-0.05, 0) is 122 Å². The third-order valence-corrected chi connectivity index (χ3v) is 14.1. The Morgan fingerprint density at radius 2 is 0.476 bits per heavy atom. The maximum Gasteiger partial charge on any atom is 0.306 e. The number of carbonyl (C=O) groups is 3. The minimum absolute atomic E-state index is 0.0849. The van der Waals surface area contributed by atoms with Gasteiger partial charge in [0.15, 0.2) is 6.10 Å². The van der Waals surface area contributed by atoms with Crippen molar-refractivity contribution >= 4 is 17.9 Å². The predicted octanol–water partition coefficient (Wildman–Crippen LogP) is 23.5. The zero-order valence-corrected chi connectivity index (χ0v) is 53.2. The molecule has 1 unspecified atom stereocenters. The molecule has 0 rings (SSSR count). The van der Waals surface area contributed by atoms with Crippen molar-refractivity contribution in [3.05, 3.63) is 146 Å². The lowest BCUT2D eigenvalue weighted by Gasteiger charge is -2.18. The first-order valence-corrected chi connectivity index (χ1v) is 33.8. The average Bonchev–Trinajstić information content (AvgIpc) is 3.47. The Morgan fingerprint density at radius 1 is 0.256 bits per heavy atom. The van der Waals surface area contributed by atoms with Crippen molar-refractivity contribution in [2.45, 2.75) is 303 Å². The SMILES string of the molecule is CC/C=C\C/C=C\C/C=C\C/C=C\C/C=C\C/C=C\CCCCCCCCCCCCC(=O)OCC(COC(=O)CCCCCCCCCC)OC(=O)CCCCCCCCCC/C=C\C/C=C\C/C=C\C/C=C\C/C=C\C/C=C\CC. The maximum atomic E-state index is 12.9. The molecule has 0 aliphatic heterocycles. The third kappa shape index (κ3) is 66.1. The van der Waals surface area contributed by atoms with Crippen molar-refractivity contribution in [3.8, 4) is 0 Å². The molecule has 0 aliphatic rings. The highest BCUT2D eigenvalue weighted by Gasteiger charge is 2.19. The Morgan fingerprint density at radius 3 is 0.744 bits per heavy atom. The van der Waals surface area contributed by atoms with Gasteiger partial charge in [0.2, 0.25) is 0 Å². The van der Waals surface area contributed by atoms with Crippen LogP contribution in [0.25, 0.3) is 0 Å². The number of unbranched alkanes of at least 4 members (excludes halogenated alkanes) is 25. The third-order valence-electron chi connectivity index (χ3n) is 14.1. The first-order chi connectivity index (χ1) is 40.5. The lowest BCUT2D eigenvalue weighted by Crippen LogP contribution is -2.30. The lowest BCUT2D eigenvalue weighted by atomic mass is 10.1. The zero-order valence-electron chi connectivity index (χ0n) is 53.2. The van der Waals surface area contributed by atoms with E-state index in [1.165, 1.54) is 116 Å². The van der Waals surface area contributed by atoms with Crippen LogP contribution in [0.1, 0.15) is 297 Å². The minimum Gasteiger partial charge on any atom is -0.462 e. The molecular formula is C76H124O6. The van der Waals surface area contributed by atoms with Gasteiger partial charge in [-0.1, -0.05) is 301 Å². The second-order valence-corrected chi connectivity index (χ2v) is 22.0. The molecule has 0 saturated heterocycles. The molecule has 0 bridgehead atoms. The molecule has 0 heterocycles. The van der Waals surface area contributed by atoms with Crippen molar-refractivity contribution in [2.75, 3.05) is 13.2 Å². The molecule has 0 aromatic rings. The van der Waals surface area contributed by atoms with E-state index in [4.69, 9.17) is 14.2 Å². The first-order valence-electron chi connectivity index (χ1n) is 33.8. The van der Waals surface area contributed by atoms with Crippen LogP contribution in [0.4, 0.5) is 0 Å². The van der Waals surface area contributed by atoms with Gasteiger partial charge in [-0.2, -0.15) is 0 Å². The monoisotopic (exact) mass is 1130 g/mol. The lowest BCUT2D eigenvalue weighted by molar-refractivity contribution is -0.167. The molecule has 0 saturated carbocycles. The van der Waals surface area contributed by atoms with Crippen LogP contribution in [0.5, 0.6) is 0 Å². The molecule has 0 spiro atoms. The molecular weight excluding hydrogens is 1010 g/mol. The van der Waals surface area contributed by atoms with Crippen LogP contribution in [-0.4, -0.2) is 37.2 Å². The van der Waals surface area contributed by atoms with Crippen molar-refractivity contribution in [3.63, 3.8) is 0 Å². The van der Waals surface area contributed by atoms with E-state index in [-0.39, 0.29) is 31.1 Å². The summed E-state index contributed by atoms with van der Waals surface area (Å²) in [6, 6.07) is 0. The number of esters is 3. The van der Waals surface area contributed by atoms with Gasteiger partial charge in [0, 0.05) is 19.3 Å². The average molecular weight is 1130 g/mol. The fourth-order valence-electron chi connectivity index (χ4n) is 9.10. The Hall–Kier alpha value is -4.71. The molecule has 6 heteroatoms. The summed E-state index contributed by atoms with van der Waals surface area (Å²) >= 11 is 0. The second kappa shape index (κ2) is 68.8. The van der Waals surface area contributed by atoms with Gasteiger partial charge in [-0.15, -0.1) is 0 Å². The van der Waals surface area contributed by atoms with Crippen molar-refractivity contribution in [2.24, 2.45) is 0 Å². The minimum atomic E-state index is -0.788. The fraction of sp³-hybridized carbons (Fsp3) is 0.645. The summed E-state index contributed by atoms with van der Waals surface area (Å²) in [6.07, 6.45) is 98.7. The molecule has 0 amide bonds. The van der Waals surface area contributed by atoms with E-state index in [1.54, 1.807) is 0 Å². The summed E-state index contributed by atoms with van der Waals surface area (Å²) in [7, 11) is 0. The van der Waals surface area contributed by atoms with Gasteiger partial charge in [0.25, 0.3) is 0 Å². The summed E-state index contributed by atoms with van der Waals surface area (Å²) in [5.74, 6) is -0.900. The van der Waals surface area contributed by atoms with Gasteiger partial charge < -0.3 is 14.2 Å². The number of ether oxygens (including phenoxy) is 3. The van der Waals surface area contributed by atoms with Crippen molar-refractivity contribution in [1.82, 2.24) is 0 Å². The van der Waals surface area contributed by atoms with E-state index in [0.29, 0.717) is 19.3 Å². The van der Waals surface area contributed by atoms with Gasteiger partial charge in [0.05, 0.1) is 0 Å². The highest BCUT2D eigenvalue weighted by atomic mass is 16.6. The van der Waals surface area contributed by atoms with Gasteiger partial charge in [0.1, 0.15) is 13.2 Å². The molecule has 464 valence electrons. The number of hydrogen-bond acceptors (Lipinski definition) is 6. The van der Waals surface area contributed by atoms with Gasteiger partial charge >= 0.3 is 17.9 Å². The Bertz CT molecular complexity index is 1780. The summed E-state index contributed by atoms with van der Waals surface area (Å²) < 4.78 is 16.9. The molecule has 6 nitrogen and oxygen atoms in total. The second-order valence-electron chi connectivity index (χ2n) is 22.0. The molecule has 0 fully saturated rings. The molecule has 0 N–H and O–H groups in total.